The number of amides is 1. The molecule has 1 aliphatic heterocycles. The number of nitrogens with one attached hydrogen (secondary N) is 1. The topological polar surface area (TPSA) is 92.5 Å². The molecular weight excluding hydrogens is 278 g/mol. The van der Waals surface area contributed by atoms with Gasteiger partial charge in [-0.25, -0.2) is 8.42 Å². The lowest BCUT2D eigenvalue weighted by Gasteiger charge is -2.31. The molecule has 0 unspecified atom stereocenters. The lowest BCUT2D eigenvalue weighted by Crippen LogP contribution is -2.43. The van der Waals surface area contributed by atoms with Gasteiger partial charge in [-0.3, -0.25) is 4.79 Å². The minimum Gasteiger partial charge on any atom is -0.366 e. The number of benzene rings is 1. The number of hydrogen-bond acceptors (Lipinski definition) is 4. The molecular formula is C13H19N3O3S. The number of nitrogens with zero attached hydrogens (tertiary/aromatic N) is 1. The maximum Gasteiger partial charge on any atom is 0.248 e. The summed E-state index contributed by atoms with van der Waals surface area (Å²) in [6, 6.07) is 6.23. The molecule has 7 heteroatoms. The van der Waals surface area contributed by atoms with Crippen molar-refractivity contribution in [3.8, 4) is 0 Å². The van der Waals surface area contributed by atoms with E-state index in [2.05, 4.69) is 5.32 Å². The second kappa shape index (κ2) is 5.90. The van der Waals surface area contributed by atoms with Gasteiger partial charge in [-0.15, -0.1) is 0 Å². The first-order valence-electron chi connectivity index (χ1n) is 6.52. The molecule has 1 fully saturated rings. The zero-order valence-electron chi connectivity index (χ0n) is 11.4. The summed E-state index contributed by atoms with van der Waals surface area (Å²) in [6.45, 7) is 0.962. The Morgan fingerprint density at radius 2 is 2.00 bits per heavy atom. The fourth-order valence-corrected chi connectivity index (χ4v) is 3.86. The Bertz CT molecular complexity index is 593. The van der Waals surface area contributed by atoms with Gasteiger partial charge in [0.15, 0.2) is 0 Å². The first-order valence-corrected chi connectivity index (χ1v) is 7.96. The van der Waals surface area contributed by atoms with Gasteiger partial charge in [-0.2, -0.15) is 4.31 Å². The molecule has 0 radical (unpaired) electrons. The van der Waals surface area contributed by atoms with Crippen molar-refractivity contribution in [3.63, 3.8) is 0 Å². The zero-order valence-corrected chi connectivity index (χ0v) is 12.2. The summed E-state index contributed by atoms with van der Waals surface area (Å²) >= 11 is 0. The minimum atomic E-state index is -3.55. The Labute approximate surface area is 119 Å². The number of sulfonamides is 1. The third kappa shape index (κ3) is 3.00. The second-order valence-electron chi connectivity index (χ2n) is 4.86. The fourth-order valence-electron chi connectivity index (χ4n) is 2.34. The number of rotatable bonds is 4. The zero-order chi connectivity index (χ0) is 14.8. The third-order valence-electron chi connectivity index (χ3n) is 3.62. The second-order valence-corrected chi connectivity index (χ2v) is 6.80. The van der Waals surface area contributed by atoms with E-state index < -0.39 is 15.9 Å². The van der Waals surface area contributed by atoms with Crippen LogP contribution in [0, 0.1) is 0 Å². The van der Waals surface area contributed by atoms with Crippen LogP contribution in [0.4, 0.5) is 0 Å². The van der Waals surface area contributed by atoms with Crippen molar-refractivity contribution in [2.24, 2.45) is 5.73 Å². The monoisotopic (exact) mass is 297 g/mol. The number of carbonyl (C=O) groups is 1. The number of nitrogens with two attached hydrogens (primary N) is 1. The maximum absolute atomic E-state index is 12.5. The van der Waals surface area contributed by atoms with Gasteiger partial charge in [0, 0.05) is 24.7 Å². The smallest absolute Gasteiger partial charge is 0.248 e. The Balaban J connectivity index is 2.23. The first-order chi connectivity index (χ1) is 9.45. The molecule has 6 nitrogen and oxygen atoms in total. The van der Waals surface area contributed by atoms with Crippen LogP contribution in [-0.2, 0) is 10.0 Å². The normalized spacial score (nSPS) is 18.1. The highest BCUT2D eigenvalue weighted by Crippen LogP contribution is 2.21. The Morgan fingerprint density at radius 3 is 2.55 bits per heavy atom. The van der Waals surface area contributed by atoms with E-state index in [1.54, 1.807) is 0 Å². The average Bonchev–Trinajstić information content (AvgIpc) is 2.47. The average molecular weight is 297 g/mol. The molecule has 0 aromatic heterocycles. The molecule has 0 atom stereocenters. The summed E-state index contributed by atoms with van der Waals surface area (Å²) in [6.07, 6.45) is 1.57. The highest BCUT2D eigenvalue weighted by molar-refractivity contribution is 7.89. The molecule has 0 aliphatic carbocycles. The van der Waals surface area contributed by atoms with Crippen molar-refractivity contribution < 1.29 is 13.2 Å². The van der Waals surface area contributed by atoms with Crippen LogP contribution < -0.4 is 11.1 Å². The highest BCUT2D eigenvalue weighted by Gasteiger charge is 2.29. The van der Waals surface area contributed by atoms with E-state index in [1.165, 1.54) is 28.6 Å². The van der Waals surface area contributed by atoms with Crippen molar-refractivity contribution in [3.05, 3.63) is 29.8 Å². The van der Waals surface area contributed by atoms with Crippen molar-refractivity contribution in [1.29, 1.82) is 0 Å². The van der Waals surface area contributed by atoms with Gasteiger partial charge in [-0.1, -0.05) is 6.07 Å². The SMILES string of the molecule is CNC1CCN(S(=O)(=O)c2cccc(C(N)=O)c2)CC1. The van der Waals surface area contributed by atoms with Gasteiger partial charge in [0.1, 0.15) is 0 Å². The third-order valence-corrected chi connectivity index (χ3v) is 5.51. The Kier molecular flexibility index (Phi) is 4.42. The molecule has 1 aromatic rings. The molecule has 0 spiro atoms. The van der Waals surface area contributed by atoms with E-state index in [1.807, 2.05) is 7.05 Å². The summed E-state index contributed by atoms with van der Waals surface area (Å²) in [5.41, 5.74) is 5.39. The Hall–Kier alpha value is -1.44. The molecule has 2 rings (SSSR count). The van der Waals surface area contributed by atoms with Crippen LogP contribution in [0.25, 0.3) is 0 Å². The molecule has 3 N–H and O–H groups in total. The highest BCUT2D eigenvalue weighted by atomic mass is 32.2. The van der Waals surface area contributed by atoms with Crippen LogP contribution in [0.5, 0.6) is 0 Å². The molecule has 1 aliphatic rings. The van der Waals surface area contributed by atoms with Crippen molar-refractivity contribution in [2.45, 2.75) is 23.8 Å². The van der Waals surface area contributed by atoms with Crippen LogP contribution in [0.1, 0.15) is 23.2 Å². The molecule has 1 saturated heterocycles. The van der Waals surface area contributed by atoms with E-state index in [-0.39, 0.29) is 10.5 Å². The summed E-state index contributed by atoms with van der Waals surface area (Å²) in [5.74, 6) is -0.629. The van der Waals surface area contributed by atoms with Gasteiger partial charge in [0.2, 0.25) is 15.9 Å². The molecule has 20 heavy (non-hydrogen) atoms. The van der Waals surface area contributed by atoms with Crippen molar-refractivity contribution in [1.82, 2.24) is 9.62 Å². The van der Waals surface area contributed by atoms with E-state index in [9.17, 15) is 13.2 Å². The van der Waals surface area contributed by atoms with Gasteiger partial charge in [-0.05, 0) is 38.1 Å². The van der Waals surface area contributed by atoms with Gasteiger partial charge in [0.25, 0.3) is 0 Å². The van der Waals surface area contributed by atoms with Crippen LogP contribution in [0.2, 0.25) is 0 Å². The van der Waals surface area contributed by atoms with E-state index in [0.29, 0.717) is 19.1 Å². The summed E-state index contributed by atoms with van der Waals surface area (Å²) < 4.78 is 26.5. The Morgan fingerprint density at radius 1 is 1.35 bits per heavy atom. The summed E-state index contributed by atoms with van der Waals surface area (Å²) in [4.78, 5) is 11.3. The predicted molar refractivity (Wildman–Crippen MR) is 75.8 cm³/mol. The van der Waals surface area contributed by atoms with Gasteiger partial charge < -0.3 is 11.1 Å². The van der Waals surface area contributed by atoms with Gasteiger partial charge >= 0.3 is 0 Å². The van der Waals surface area contributed by atoms with Gasteiger partial charge in [0.05, 0.1) is 4.90 Å². The largest absolute Gasteiger partial charge is 0.366 e. The number of piperidine rings is 1. The van der Waals surface area contributed by atoms with Crippen LogP contribution >= 0.6 is 0 Å². The maximum atomic E-state index is 12.5. The van der Waals surface area contributed by atoms with Crippen LogP contribution in [-0.4, -0.2) is 44.8 Å². The molecule has 1 heterocycles. The van der Waals surface area contributed by atoms with E-state index >= 15 is 0 Å². The molecule has 1 aromatic carbocycles. The lowest BCUT2D eigenvalue weighted by molar-refractivity contribution is 0.1000. The number of primary amides is 1. The van der Waals surface area contributed by atoms with Crippen LogP contribution in [0.3, 0.4) is 0 Å². The number of hydrogen-bond donors (Lipinski definition) is 2. The van der Waals surface area contributed by atoms with E-state index in [0.717, 1.165) is 12.8 Å². The summed E-state index contributed by atoms with van der Waals surface area (Å²) in [5, 5.41) is 3.16. The van der Waals surface area contributed by atoms with Crippen molar-refractivity contribution in [2.75, 3.05) is 20.1 Å². The fraction of sp³-hybridized carbons (Fsp3) is 0.462. The first kappa shape index (κ1) is 15.0. The predicted octanol–water partition coefficient (Wildman–Crippen LogP) is 0.158. The van der Waals surface area contributed by atoms with Crippen LogP contribution in [0.15, 0.2) is 29.2 Å². The summed E-state index contributed by atoms with van der Waals surface area (Å²) in [7, 11) is -1.67. The van der Waals surface area contributed by atoms with Crippen molar-refractivity contribution >= 4 is 15.9 Å². The van der Waals surface area contributed by atoms with E-state index in [4.69, 9.17) is 5.73 Å². The standard InChI is InChI=1S/C13H19N3O3S/c1-15-11-5-7-16(8-6-11)20(18,19)12-4-2-3-10(9-12)13(14)17/h2-4,9,11,15H,5-8H2,1H3,(H2,14,17). The molecule has 1 amide bonds. The lowest BCUT2D eigenvalue weighted by atomic mass is 10.1. The molecule has 0 bridgehead atoms. The minimum absolute atomic E-state index is 0.122. The quantitative estimate of drug-likeness (QED) is 0.828. The number of carbonyl (C=O) groups excluding carboxylic acids is 1. The molecule has 0 saturated carbocycles. The molecule has 110 valence electrons.